The number of rotatable bonds is 5. The van der Waals surface area contributed by atoms with Crippen LogP contribution < -0.4 is 5.73 Å². The van der Waals surface area contributed by atoms with Crippen molar-refractivity contribution in [3.8, 4) is 11.4 Å². The van der Waals surface area contributed by atoms with E-state index in [1.54, 1.807) is 4.90 Å². The molecular weight excluding hydrogens is 363 g/mol. The molecule has 0 saturated carbocycles. The van der Waals surface area contributed by atoms with E-state index in [9.17, 15) is 18.0 Å². The lowest BCUT2D eigenvalue weighted by Gasteiger charge is -2.33. The van der Waals surface area contributed by atoms with Gasteiger partial charge < -0.3 is 15.2 Å². The molecule has 0 bridgehead atoms. The first kappa shape index (κ1) is 19.3. The van der Waals surface area contributed by atoms with E-state index in [1.807, 2.05) is 0 Å². The summed E-state index contributed by atoms with van der Waals surface area (Å²) < 4.78 is 43.7. The molecule has 2 aromatic rings. The highest BCUT2D eigenvalue weighted by atomic mass is 19.4. The van der Waals surface area contributed by atoms with Gasteiger partial charge in [-0.2, -0.15) is 18.2 Å². The minimum absolute atomic E-state index is 0.0433. The molecule has 2 heterocycles. The van der Waals surface area contributed by atoms with Crippen molar-refractivity contribution in [3.05, 3.63) is 35.7 Å². The van der Waals surface area contributed by atoms with Gasteiger partial charge in [0.15, 0.2) is 0 Å². The van der Waals surface area contributed by atoms with E-state index in [0.717, 1.165) is 12.1 Å². The zero-order valence-electron chi connectivity index (χ0n) is 14.6. The number of carbonyl (C=O) groups is 1. The van der Waals surface area contributed by atoms with Gasteiger partial charge in [0, 0.05) is 44.7 Å². The third kappa shape index (κ3) is 4.83. The Hall–Kier alpha value is -2.46. The van der Waals surface area contributed by atoms with Gasteiger partial charge >= 0.3 is 6.18 Å². The van der Waals surface area contributed by atoms with E-state index in [4.69, 9.17) is 10.3 Å². The smallest absolute Gasteiger partial charge is 0.340 e. The lowest BCUT2D eigenvalue weighted by molar-refractivity contribution is -0.137. The van der Waals surface area contributed by atoms with Gasteiger partial charge in [0.1, 0.15) is 0 Å². The zero-order chi connectivity index (χ0) is 19.4. The van der Waals surface area contributed by atoms with Crippen molar-refractivity contribution >= 4 is 5.91 Å². The monoisotopic (exact) mass is 383 g/mol. The summed E-state index contributed by atoms with van der Waals surface area (Å²) >= 11 is 0. The highest BCUT2D eigenvalue weighted by molar-refractivity contribution is 5.76. The van der Waals surface area contributed by atoms with Crippen LogP contribution >= 0.6 is 0 Å². The minimum Gasteiger partial charge on any atom is -0.340 e. The number of amides is 1. The predicted molar refractivity (Wildman–Crippen MR) is 90.3 cm³/mol. The van der Waals surface area contributed by atoms with Crippen LogP contribution in [0.1, 0.15) is 17.9 Å². The molecule has 0 spiro atoms. The van der Waals surface area contributed by atoms with Crippen LogP contribution in [0.2, 0.25) is 0 Å². The number of hydrogen-bond acceptors (Lipinski definition) is 6. The number of carbonyl (C=O) groups excluding carboxylic acids is 1. The number of nitrogens with two attached hydrogens (primary N) is 1. The lowest BCUT2D eigenvalue weighted by atomic mass is 10.1. The predicted octanol–water partition coefficient (Wildman–Crippen LogP) is 1.75. The molecule has 1 saturated heterocycles. The number of aromatic nitrogens is 2. The Labute approximate surface area is 153 Å². The fourth-order valence-electron chi connectivity index (χ4n) is 2.90. The van der Waals surface area contributed by atoms with Crippen LogP contribution in [0.5, 0.6) is 0 Å². The largest absolute Gasteiger partial charge is 0.416 e. The maximum atomic E-state index is 12.8. The van der Waals surface area contributed by atoms with Gasteiger partial charge in [-0.25, -0.2) is 0 Å². The summed E-state index contributed by atoms with van der Waals surface area (Å²) in [5, 5.41) is 3.78. The quantitative estimate of drug-likeness (QED) is 0.846. The molecule has 0 atom stereocenters. The standard InChI is InChI=1S/C17H20F3N5O2/c18-17(19,20)13-3-1-2-12(10-13)16-22-14(27-23-16)11-24-6-8-25(9-7-24)15(26)4-5-21/h1-3,10H,4-9,11,21H2. The van der Waals surface area contributed by atoms with Crippen LogP contribution in [0, 0.1) is 0 Å². The molecule has 0 unspecified atom stereocenters. The van der Waals surface area contributed by atoms with Crippen molar-refractivity contribution in [2.45, 2.75) is 19.1 Å². The van der Waals surface area contributed by atoms with Crippen molar-refractivity contribution in [2.24, 2.45) is 5.73 Å². The Bertz CT molecular complexity index is 785. The third-order valence-electron chi connectivity index (χ3n) is 4.36. The average Bonchev–Trinajstić information content (AvgIpc) is 3.10. The molecule has 0 radical (unpaired) electrons. The van der Waals surface area contributed by atoms with Crippen LogP contribution in [0.4, 0.5) is 13.2 Å². The van der Waals surface area contributed by atoms with Crippen LogP contribution in [0.25, 0.3) is 11.4 Å². The molecule has 3 rings (SSSR count). The van der Waals surface area contributed by atoms with Gasteiger partial charge in [-0.3, -0.25) is 9.69 Å². The topological polar surface area (TPSA) is 88.5 Å². The number of alkyl halides is 3. The van der Waals surface area contributed by atoms with Crippen LogP contribution in [-0.4, -0.2) is 58.6 Å². The number of hydrogen-bond donors (Lipinski definition) is 1. The number of piperazine rings is 1. The Morgan fingerprint density at radius 2 is 1.96 bits per heavy atom. The Kier molecular flexibility index (Phi) is 5.76. The zero-order valence-corrected chi connectivity index (χ0v) is 14.6. The molecule has 1 aliphatic rings. The van der Waals surface area contributed by atoms with Crippen LogP contribution in [0.3, 0.4) is 0 Å². The SMILES string of the molecule is NCCC(=O)N1CCN(Cc2nc(-c3cccc(C(F)(F)F)c3)no2)CC1. The molecule has 1 amide bonds. The first-order chi connectivity index (χ1) is 12.9. The van der Waals surface area contributed by atoms with Gasteiger partial charge in [0.05, 0.1) is 12.1 Å². The van der Waals surface area contributed by atoms with E-state index in [2.05, 4.69) is 15.0 Å². The van der Waals surface area contributed by atoms with E-state index in [1.165, 1.54) is 12.1 Å². The Balaban J connectivity index is 1.60. The van der Waals surface area contributed by atoms with E-state index in [-0.39, 0.29) is 17.3 Å². The fraction of sp³-hybridized carbons (Fsp3) is 0.471. The van der Waals surface area contributed by atoms with Gasteiger partial charge in [0.25, 0.3) is 0 Å². The van der Waals surface area contributed by atoms with Crippen molar-refractivity contribution < 1.29 is 22.5 Å². The van der Waals surface area contributed by atoms with Crippen LogP contribution in [0.15, 0.2) is 28.8 Å². The minimum atomic E-state index is -4.43. The number of benzene rings is 1. The van der Waals surface area contributed by atoms with E-state index < -0.39 is 11.7 Å². The van der Waals surface area contributed by atoms with Crippen LogP contribution in [-0.2, 0) is 17.5 Å². The summed E-state index contributed by atoms with van der Waals surface area (Å²) in [6.45, 7) is 3.19. The molecule has 10 heteroatoms. The Morgan fingerprint density at radius 3 is 2.63 bits per heavy atom. The van der Waals surface area contributed by atoms with E-state index >= 15 is 0 Å². The maximum Gasteiger partial charge on any atom is 0.416 e. The van der Waals surface area contributed by atoms with E-state index in [0.29, 0.717) is 51.6 Å². The second-order valence-electron chi connectivity index (χ2n) is 6.29. The molecular formula is C17H20F3N5O2. The van der Waals surface area contributed by atoms with Gasteiger partial charge in [-0.05, 0) is 12.1 Å². The normalized spacial score (nSPS) is 15.9. The molecule has 1 aromatic heterocycles. The number of nitrogens with zero attached hydrogens (tertiary/aromatic N) is 4. The lowest BCUT2D eigenvalue weighted by Crippen LogP contribution is -2.48. The average molecular weight is 383 g/mol. The maximum absolute atomic E-state index is 12.8. The molecule has 0 aliphatic carbocycles. The summed E-state index contributed by atoms with van der Waals surface area (Å²) in [5.41, 5.74) is 4.89. The van der Waals surface area contributed by atoms with Crippen molar-refractivity contribution in [3.63, 3.8) is 0 Å². The molecule has 1 aliphatic heterocycles. The highest BCUT2D eigenvalue weighted by Crippen LogP contribution is 2.31. The molecule has 2 N–H and O–H groups in total. The molecule has 146 valence electrons. The first-order valence-electron chi connectivity index (χ1n) is 8.57. The summed E-state index contributed by atoms with van der Waals surface area (Å²) in [4.78, 5) is 19.8. The van der Waals surface area contributed by atoms with Gasteiger partial charge in [-0.15, -0.1) is 0 Å². The van der Waals surface area contributed by atoms with Crippen molar-refractivity contribution in [2.75, 3.05) is 32.7 Å². The molecule has 1 fully saturated rings. The summed E-state index contributed by atoms with van der Waals surface area (Å²) in [6, 6.07) is 4.81. The number of halogens is 3. The second-order valence-corrected chi connectivity index (χ2v) is 6.29. The summed E-state index contributed by atoms with van der Waals surface area (Å²) in [7, 11) is 0. The van der Waals surface area contributed by atoms with Gasteiger partial charge in [0.2, 0.25) is 17.6 Å². The molecule has 1 aromatic carbocycles. The molecule has 7 nitrogen and oxygen atoms in total. The fourth-order valence-corrected chi connectivity index (χ4v) is 2.90. The third-order valence-corrected chi connectivity index (χ3v) is 4.36. The van der Waals surface area contributed by atoms with Crippen molar-refractivity contribution in [1.29, 1.82) is 0 Å². The summed E-state index contributed by atoms with van der Waals surface area (Å²) in [5.74, 6) is 0.485. The Morgan fingerprint density at radius 1 is 1.22 bits per heavy atom. The first-order valence-corrected chi connectivity index (χ1v) is 8.57. The van der Waals surface area contributed by atoms with Gasteiger partial charge in [-0.1, -0.05) is 17.3 Å². The second kappa shape index (κ2) is 8.05. The highest BCUT2D eigenvalue weighted by Gasteiger charge is 2.31. The summed E-state index contributed by atoms with van der Waals surface area (Å²) in [6.07, 6.45) is -4.09. The molecule has 27 heavy (non-hydrogen) atoms. The van der Waals surface area contributed by atoms with Crippen molar-refractivity contribution in [1.82, 2.24) is 19.9 Å².